The second-order valence-electron chi connectivity index (χ2n) is 7.78. The molecule has 8 nitrogen and oxygen atoms in total. The van der Waals surface area contributed by atoms with Crippen LogP contribution in [0.5, 0.6) is 0 Å². The van der Waals surface area contributed by atoms with Gasteiger partial charge in [-0.15, -0.1) is 0 Å². The van der Waals surface area contributed by atoms with Crippen LogP contribution in [0.3, 0.4) is 0 Å². The van der Waals surface area contributed by atoms with Gasteiger partial charge >= 0.3 is 5.97 Å². The zero-order chi connectivity index (χ0) is 20.9. The standard InChI is InChI=1S/C20H24ClN5O3/c1-11-7-17-15(10-25(11)21)18-19(27)24(9-12(2)26(18)23-17)13(3)14-5-6-16(22-8-14)20(28)29-4/h5-6,8,11-13H,7,9-10H2,1-4H3/t11-,12-,13?/m1/s1. The van der Waals surface area contributed by atoms with Gasteiger partial charge in [-0.3, -0.25) is 9.48 Å². The number of methoxy groups -OCH3 is 1. The van der Waals surface area contributed by atoms with Crippen LogP contribution < -0.4 is 0 Å². The van der Waals surface area contributed by atoms with Gasteiger partial charge in [-0.2, -0.15) is 5.10 Å². The van der Waals surface area contributed by atoms with Crippen LogP contribution in [-0.2, 0) is 17.7 Å². The first-order chi connectivity index (χ1) is 13.8. The predicted molar refractivity (Wildman–Crippen MR) is 107 cm³/mol. The number of carbonyl (C=O) groups excluding carboxylic acids is 2. The maximum absolute atomic E-state index is 13.4. The number of amides is 1. The molecule has 3 atom stereocenters. The highest BCUT2D eigenvalue weighted by Crippen LogP contribution is 2.35. The van der Waals surface area contributed by atoms with E-state index >= 15 is 0 Å². The molecular formula is C20H24ClN5O3. The number of pyridine rings is 1. The molecule has 0 aliphatic carbocycles. The van der Waals surface area contributed by atoms with Crippen molar-refractivity contribution in [2.24, 2.45) is 0 Å². The molecule has 2 aromatic rings. The third-order valence-electron chi connectivity index (χ3n) is 5.84. The molecule has 2 aliphatic rings. The molecule has 154 valence electrons. The highest BCUT2D eigenvalue weighted by molar-refractivity contribution is 6.13. The quantitative estimate of drug-likeness (QED) is 0.564. The number of esters is 1. The van der Waals surface area contributed by atoms with Crippen molar-refractivity contribution in [1.82, 2.24) is 24.1 Å². The Hall–Kier alpha value is -2.45. The predicted octanol–water partition coefficient (Wildman–Crippen LogP) is 2.74. The summed E-state index contributed by atoms with van der Waals surface area (Å²) in [6, 6.07) is 3.47. The Morgan fingerprint density at radius 1 is 1.31 bits per heavy atom. The minimum atomic E-state index is -0.484. The summed E-state index contributed by atoms with van der Waals surface area (Å²) in [4.78, 5) is 31.1. The smallest absolute Gasteiger partial charge is 0.356 e. The summed E-state index contributed by atoms with van der Waals surface area (Å²) in [5, 5.41) is 4.73. The van der Waals surface area contributed by atoms with Crippen LogP contribution in [0.4, 0.5) is 0 Å². The Morgan fingerprint density at radius 2 is 2.07 bits per heavy atom. The van der Waals surface area contributed by atoms with Crippen molar-refractivity contribution in [2.75, 3.05) is 13.7 Å². The molecule has 29 heavy (non-hydrogen) atoms. The first-order valence-electron chi connectivity index (χ1n) is 9.69. The zero-order valence-electron chi connectivity index (χ0n) is 16.9. The van der Waals surface area contributed by atoms with E-state index in [0.717, 1.165) is 23.2 Å². The van der Waals surface area contributed by atoms with Crippen LogP contribution in [0, 0.1) is 0 Å². The number of nitrogens with zero attached hydrogens (tertiary/aromatic N) is 5. The normalized spacial score (nSPS) is 22.8. The molecule has 2 aliphatic heterocycles. The number of carbonyl (C=O) groups is 2. The van der Waals surface area contributed by atoms with E-state index < -0.39 is 5.97 Å². The lowest BCUT2D eigenvalue weighted by molar-refractivity contribution is 0.0575. The van der Waals surface area contributed by atoms with E-state index in [4.69, 9.17) is 21.6 Å². The fraction of sp³-hybridized carbons (Fsp3) is 0.500. The van der Waals surface area contributed by atoms with Crippen molar-refractivity contribution in [3.63, 3.8) is 0 Å². The van der Waals surface area contributed by atoms with Gasteiger partial charge in [0, 0.05) is 37.3 Å². The Balaban J connectivity index is 1.65. The van der Waals surface area contributed by atoms with E-state index in [1.807, 2.05) is 22.6 Å². The molecular weight excluding hydrogens is 394 g/mol. The average molecular weight is 418 g/mol. The Bertz CT molecular complexity index is 958. The third-order valence-corrected chi connectivity index (χ3v) is 6.29. The largest absolute Gasteiger partial charge is 0.464 e. The van der Waals surface area contributed by atoms with Crippen LogP contribution >= 0.6 is 11.8 Å². The summed E-state index contributed by atoms with van der Waals surface area (Å²) >= 11 is 6.35. The van der Waals surface area contributed by atoms with Gasteiger partial charge in [0.2, 0.25) is 0 Å². The Morgan fingerprint density at radius 3 is 2.72 bits per heavy atom. The van der Waals surface area contributed by atoms with E-state index in [2.05, 4.69) is 18.8 Å². The maximum Gasteiger partial charge on any atom is 0.356 e. The second-order valence-corrected chi connectivity index (χ2v) is 8.21. The number of rotatable bonds is 3. The highest BCUT2D eigenvalue weighted by Gasteiger charge is 2.39. The lowest BCUT2D eigenvalue weighted by atomic mass is 9.99. The minimum Gasteiger partial charge on any atom is -0.464 e. The van der Waals surface area contributed by atoms with Crippen LogP contribution in [0.2, 0.25) is 0 Å². The van der Waals surface area contributed by atoms with Crippen LogP contribution in [-0.4, -0.2) is 55.7 Å². The SMILES string of the molecule is COC(=O)c1ccc(C(C)N2C[C@@H](C)n3nc4c(c3C2=O)CN(Cl)[C@H](C)C4)cn1. The zero-order valence-corrected chi connectivity index (χ0v) is 17.7. The monoisotopic (exact) mass is 417 g/mol. The molecule has 0 N–H and O–H groups in total. The molecule has 0 fully saturated rings. The lowest BCUT2D eigenvalue weighted by Gasteiger charge is -2.37. The number of hydrogen-bond acceptors (Lipinski definition) is 6. The Labute approximate surface area is 174 Å². The van der Waals surface area contributed by atoms with Gasteiger partial charge in [-0.1, -0.05) is 6.07 Å². The second kappa shape index (κ2) is 7.42. The highest BCUT2D eigenvalue weighted by atomic mass is 35.5. The summed E-state index contributed by atoms with van der Waals surface area (Å²) in [5.74, 6) is -0.539. The van der Waals surface area contributed by atoms with Crippen molar-refractivity contribution in [3.05, 3.63) is 46.5 Å². The minimum absolute atomic E-state index is 0.0529. The molecule has 0 aromatic carbocycles. The molecule has 0 spiro atoms. The lowest BCUT2D eigenvalue weighted by Crippen LogP contribution is -2.44. The van der Waals surface area contributed by atoms with Crippen molar-refractivity contribution >= 4 is 23.7 Å². The van der Waals surface area contributed by atoms with E-state index in [9.17, 15) is 9.59 Å². The van der Waals surface area contributed by atoms with Gasteiger partial charge in [0.15, 0.2) is 0 Å². The summed E-state index contributed by atoms with van der Waals surface area (Å²) in [7, 11) is 1.32. The van der Waals surface area contributed by atoms with Crippen LogP contribution in [0.25, 0.3) is 0 Å². The number of fused-ring (bicyclic) bond motifs is 3. The molecule has 0 bridgehead atoms. The topological polar surface area (TPSA) is 80.6 Å². The molecule has 0 saturated carbocycles. The van der Waals surface area contributed by atoms with Gasteiger partial charge in [0.25, 0.3) is 5.91 Å². The third kappa shape index (κ3) is 3.30. The summed E-state index contributed by atoms with van der Waals surface area (Å²) in [5.41, 5.74) is 3.61. The fourth-order valence-electron chi connectivity index (χ4n) is 4.05. The summed E-state index contributed by atoms with van der Waals surface area (Å²) in [6.45, 7) is 7.14. The van der Waals surface area contributed by atoms with Crippen LogP contribution in [0.15, 0.2) is 18.3 Å². The summed E-state index contributed by atoms with van der Waals surface area (Å²) < 4.78 is 8.29. The number of ether oxygens (including phenoxy) is 1. The summed E-state index contributed by atoms with van der Waals surface area (Å²) in [6.07, 6.45) is 2.35. The molecule has 1 unspecified atom stereocenters. The van der Waals surface area contributed by atoms with E-state index in [-0.39, 0.29) is 29.7 Å². The average Bonchev–Trinajstić information content (AvgIpc) is 3.09. The molecule has 0 saturated heterocycles. The van der Waals surface area contributed by atoms with Crippen LogP contribution in [0.1, 0.15) is 70.7 Å². The molecule has 4 heterocycles. The maximum atomic E-state index is 13.4. The molecule has 2 aromatic heterocycles. The van der Waals surface area contributed by atoms with Crippen molar-refractivity contribution in [1.29, 1.82) is 0 Å². The van der Waals surface area contributed by atoms with Gasteiger partial charge in [-0.05, 0) is 44.2 Å². The Kier molecular flexibility index (Phi) is 5.08. The van der Waals surface area contributed by atoms with Gasteiger partial charge in [0.05, 0.1) is 24.9 Å². The number of aromatic nitrogens is 3. The van der Waals surface area contributed by atoms with Crippen molar-refractivity contribution in [2.45, 2.75) is 51.9 Å². The van der Waals surface area contributed by atoms with Gasteiger partial charge in [0.1, 0.15) is 11.4 Å². The van der Waals surface area contributed by atoms with Gasteiger partial charge < -0.3 is 9.64 Å². The van der Waals surface area contributed by atoms with Crippen molar-refractivity contribution in [3.8, 4) is 0 Å². The molecule has 9 heteroatoms. The molecule has 1 amide bonds. The van der Waals surface area contributed by atoms with E-state index in [1.165, 1.54) is 7.11 Å². The number of hydrogen-bond donors (Lipinski definition) is 0. The van der Waals surface area contributed by atoms with E-state index in [0.29, 0.717) is 18.8 Å². The van der Waals surface area contributed by atoms with Crippen molar-refractivity contribution < 1.29 is 14.3 Å². The van der Waals surface area contributed by atoms with E-state index in [1.54, 1.807) is 16.7 Å². The first-order valence-corrected chi connectivity index (χ1v) is 10.0. The molecule has 4 rings (SSSR count). The fourth-order valence-corrected chi connectivity index (χ4v) is 4.24. The van der Waals surface area contributed by atoms with Gasteiger partial charge in [-0.25, -0.2) is 14.2 Å². The first kappa shape index (κ1) is 19.8. The number of halogens is 1. The molecule has 0 radical (unpaired) electrons.